The molecule has 0 heterocycles. The van der Waals surface area contributed by atoms with Crippen molar-refractivity contribution in [3.63, 3.8) is 0 Å². The highest BCUT2D eigenvalue weighted by molar-refractivity contribution is 5.92. The highest BCUT2D eigenvalue weighted by atomic mass is 16.1. The Kier molecular flexibility index (Phi) is 3.79. The van der Waals surface area contributed by atoms with Crippen LogP contribution in [-0.2, 0) is 6.54 Å². The predicted molar refractivity (Wildman–Crippen MR) is 68.6 cm³/mol. The minimum Gasteiger partial charge on any atom is -0.366 e. The molecule has 0 aromatic heterocycles. The molecule has 1 aliphatic carbocycles. The van der Waals surface area contributed by atoms with Gasteiger partial charge in [-0.1, -0.05) is 18.6 Å². The third kappa shape index (κ3) is 3.07. The number of amides is 1. The summed E-state index contributed by atoms with van der Waals surface area (Å²) in [5.74, 6) is 0.479. The van der Waals surface area contributed by atoms with Gasteiger partial charge in [0.05, 0.1) is 0 Å². The first kappa shape index (κ1) is 12.1. The maximum atomic E-state index is 10.9. The molecule has 1 amide bonds. The Labute approximate surface area is 102 Å². The topological polar surface area (TPSA) is 55.1 Å². The third-order valence-corrected chi connectivity index (χ3v) is 3.72. The number of carbonyl (C=O) groups is 1. The molecule has 0 bridgehead atoms. The van der Waals surface area contributed by atoms with Crippen molar-refractivity contribution in [2.45, 2.75) is 38.8 Å². The van der Waals surface area contributed by atoms with Crippen LogP contribution >= 0.6 is 0 Å². The van der Waals surface area contributed by atoms with Crippen molar-refractivity contribution in [1.29, 1.82) is 0 Å². The van der Waals surface area contributed by atoms with Crippen LogP contribution in [0, 0.1) is 5.92 Å². The highest BCUT2D eigenvalue weighted by Gasteiger charge is 2.23. The average Bonchev–Trinajstić information content (AvgIpc) is 2.24. The summed E-state index contributed by atoms with van der Waals surface area (Å²) in [7, 11) is 0. The zero-order valence-electron chi connectivity index (χ0n) is 10.3. The van der Waals surface area contributed by atoms with E-state index in [2.05, 4.69) is 12.2 Å². The van der Waals surface area contributed by atoms with E-state index in [1.165, 1.54) is 24.8 Å². The van der Waals surface area contributed by atoms with E-state index in [1.54, 1.807) is 12.1 Å². The molecule has 3 heteroatoms. The molecule has 0 spiro atoms. The van der Waals surface area contributed by atoms with Crippen LogP contribution in [0.3, 0.4) is 0 Å². The first-order valence-electron chi connectivity index (χ1n) is 6.29. The highest BCUT2D eigenvalue weighted by Crippen LogP contribution is 2.29. The Morgan fingerprint density at radius 2 is 2.06 bits per heavy atom. The van der Waals surface area contributed by atoms with Crippen LogP contribution in [0.1, 0.15) is 42.1 Å². The lowest BCUT2D eigenvalue weighted by molar-refractivity contribution is 0.100. The third-order valence-electron chi connectivity index (χ3n) is 3.72. The summed E-state index contributed by atoms with van der Waals surface area (Å²) in [4.78, 5) is 10.9. The molecule has 1 aromatic carbocycles. The zero-order valence-corrected chi connectivity index (χ0v) is 10.3. The summed E-state index contributed by atoms with van der Waals surface area (Å²) in [6.07, 6.45) is 4.09. The van der Waals surface area contributed by atoms with Gasteiger partial charge in [0.15, 0.2) is 0 Å². The van der Waals surface area contributed by atoms with Crippen molar-refractivity contribution in [2.75, 3.05) is 0 Å². The van der Waals surface area contributed by atoms with Crippen LogP contribution in [0.5, 0.6) is 0 Å². The standard InChI is InChI=1S/C14H20N2O/c1-10(12-3-2-4-12)16-9-11-5-7-13(8-6-11)14(15)17/h5-8,10,12,16H,2-4,9H2,1H3,(H2,15,17). The number of hydrogen-bond acceptors (Lipinski definition) is 2. The predicted octanol–water partition coefficient (Wildman–Crippen LogP) is 2.06. The van der Waals surface area contributed by atoms with Gasteiger partial charge in [-0.15, -0.1) is 0 Å². The first-order chi connectivity index (χ1) is 8.16. The van der Waals surface area contributed by atoms with Crippen LogP contribution in [0.15, 0.2) is 24.3 Å². The average molecular weight is 232 g/mol. The maximum absolute atomic E-state index is 10.9. The monoisotopic (exact) mass is 232 g/mol. The molecule has 1 saturated carbocycles. The van der Waals surface area contributed by atoms with E-state index in [0.717, 1.165) is 12.5 Å². The number of nitrogens with two attached hydrogens (primary N) is 1. The molecule has 0 radical (unpaired) electrons. The molecule has 17 heavy (non-hydrogen) atoms. The van der Waals surface area contributed by atoms with Crippen LogP contribution in [0.4, 0.5) is 0 Å². The van der Waals surface area contributed by atoms with Gasteiger partial charge in [-0.2, -0.15) is 0 Å². The van der Waals surface area contributed by atoms with E-state index in [1.807, 2.05) is 12.1 Å². The Morgan fingerprint density at radius 1 is 1.41 bits per heavy atom. The number of benzene rings is 1. The molecule has 1 unspecified atom stereocenters. The minimum absolute atomic E-state index is 0.368. The fraction of sp³-hybridized carbons (Fsp3) is 0.500. The lowest BCUT2D eigenvalue weighted by atomic mass is 9.80. The maximum Gasteiger partial charge on any atom is 0.248 e. The number of rotatable bonds is 5. The Balaban J connectivity index is 1.84. The largest absolute Gasteiger partial charge is 0.366 e. The minimum atomic E-state index is -0.368. The summed E-state index contributed by atoms with van der Waals surface area (Å²) < 4.78 is 0. The molecular formula is C14H20N2O. The van der Waals surface area contributed by atoms with Gasteiger partial charge in [0, 0.05) is 18.2 Å². The van der Waals surface area contributed by atoms with Crippen LogP contribution in [0.25, 0.3) is 0 Å². The molecule has 3 nitrogen and oxygen atoms in total. The summed E-state index contributed by atoms with van der Waals surface area (Å²) in [5.41, 5.74) is 6.96. The Morgan fingerprint density at radius 3 is 2.53 bits per heavy atom. The fourth-order valence-electron chi connectivity index (χ4n) is 2.17. The summed E-state index contributed by atoms with van der Waals surface area (Å²) >= 11 is 0. The molecule has 1 aromatic rings. The zero-order chi connectivity index (χ0) is 12.3. The van der Waals surface area contributed by atoms with Gasteiger partial charge in [0.2, 0.25) is 5.91 Å². The summed E-state index contributed by atoms with van der Waals surface area (Å²) in [6.45, 7) is 3.11. The van der Waals surface area contributed by atoms with E-state index in [4.69, 9.17) is 5.73 Å². The van der Waals surface area contributed by atoms with Crippen molar-refractivity contribution in [3.05, 3.63) is 35.4 Å². The van der Waals surface area contributed by atoms with Crippen molar-refractivity contribution in [1.82, 2.24) is 5.32 Å². The molecule has 0 saturated heterocycles. The second kappa shape index (κ2) is 5.32. The van der Waals surface area contributed by atoms with Gasteiger partial charge in [-0.25, -0.2) is 0 Å². The van der Waals surface area contributed by atoms with Crippen molar-refractivity contribution >= 4 is 5.91 Å². The number of nitrogens with one attached hydrogen (secondary N) is 1. The van der Waals surface area contributed by atoms with E-state index < -0.39 is 0 Å². The first-order valence-corrected chi connectivity index (χ1v) is 6.29. The van der Waals surface area contributed by atoms with E-state index in [-0.39, 0.29) is 5.91 Å². The van der Waals surface area contributed by atoms with Crippen molar-refractivity contribution in [3.8, 4) is 0 Å². The van der Waals surface area contributed by atoms with Crippen molar-refractivity contribution in [2.24, 2.45) is 11.7 Å². The molecule has 3 N–H and O–H groups in total. The van der Waals surface area contributed by atoms with Gasteiger partial charge in [-0.05, 0) is 43.4 Å². The van der Waals surface area contributed by atoms with E-state index in [0.29, 0.717) is 11.6 Å². The SMILES string of the molecule is CC(NCc1ccc(C(N)=O)cc1)C1CCC1. The summed E-state index contributed by atoms with van der Waals surface area (Å²) in [5, 5.41) is 3.53. The normalized spacial score (nSPS) is 17.5. The van der Waals surface area contributed by atoms with Gasteiger partial charge >= 0.3 is 0 Å². The quantitative estimate of drug-likeness (QED) is 0.816. The van der Waals surface area contributed by atoms with Crippen LogP contribution in [0.2, 0.25) is 0 Å². The van der Waals surface area contributed by atoms with E-state index in [9.17, 15) is 4.79 Å². The molecule has 1 atom stereocenters. The lowest BCUT2D eigenvalue weighted by Crippen LogP contribution is -2.36. The molecule has 1 fully saturated rings. The smallest absolute Gasteiger partial charge is 0.248 e. The molecule has 92 valence electrons. The molecule has 2 rings (SSSR count). The Bertz CT molecular complexity index is 382. The number of primary amides is 1. The second-order valence-corrected chi connectivity index (χ2v) is 4.92. The summed E-state index contributed by atoms with van der Waals surface area (Å²) in [6, 6.07) is 8.07. The van der Waals surface area contributed by atoms with Gasteiger partial charge < -0.3 is 11.1 Å². The fourth-order valence-corrected chi connectivity index (χ4v) is 2.17. The molecule has 1 aliphatic rings. The Hall–Kier alpha value is -1.35. The van der Waals surface area contributed by atoms with Crippen molar-refractivity contribution < 1.29 is 4.79 Å². The number of carbonyl (C=O) groups excluding carboxylic acids is 1. The lowest BCUT2D eigenvalue weighted by Gasteiger charge is -2.32. The molecular weight excluding hydrogens is 212 g/mol. The van der Waals surface area contributed by atoms with Gasteiger partial charge in [-0.3, -0.25) is 4.79 Å². The van der Waals surface area contributed by atoms with Crippen LogP contribution < -0.4 is 11.1 Å². The number of hydrogen-bond donors (Lipinski definition) is 2. The van der Waals surface area contributed by atoms with E-state index >= 15 is 0 Å². The van der Waals surface area contributed by atoms with Crippen LogP contribution in [-0.4, -0.2) is 11.9 Å². The van der Waals surface area contributed by atoms with Gasteiger partial charge in [0.25, 0.3) is 0 Å². The molecule has 0 aliphatic heterocycles. The van der Waals surface area contributed by atoms with Gasteiger partial charge in [0.1, 0.15) is 0 Å². The second-order valence-electron chi connectivity index (χ2n) is 4.92.